The third-order valence-electron chi connectivity index (χ3n) is 4.60. The standard InChI is InChI=1S/C19H30ClN3O/c1-3-4-5-6-8-16(2)21-19(24)23-13-11-22(12-14-23)18-10-7-9-17(20)15-18/h7,9-10,15-16H,3-6,8,11-14H2,1-2H3,(H,21,24)/t16-/m0/s1. The van der Waals surface area contributed by atoms with Crippen LogP contribution in [0.25, 0.3) is 0 Å². The molecule has 4 nitrogen and oxygen atoms in total. The molecule has 1 N–H and O–H groups in total. The zero-order chi connectivity index (χ0) is 17.4. The Morgan fingerprint density at radius 1 is 1.21 bits per heavy atom. The molecule has 1 aromatic carbocycles. The van der Waals surface area contributed by atoms with Gasteiger partial charge in [-0.05, 0) is 31.5 Å². The first-order valence-corrected chi connectivity index (χ1v) is 9.54. The normalized spacial score (nSPS) is 16.1. The minimum Gasteiger partial charge on any atom is -0.368 e. The second-order valence-electron chi connectivity index (χ2n) is 6.65. The van der Waals surface area contributed by atoms with Crippen molar-refractivity contribution in [3.63, 3.8) is 0 Å². The zero-order valence-electron chi connectivity index (χ0n) is 14.9. The minimum absolute atomic E-state index is 0.0729. The predicted octanol–water partition coefficient (Wildman–Crippen LogP) is 4.53. The largest absolute Gasteiger partial charge is 0.368 e. The minimum atomic E-state index is 0.0729. The maximum absolute atomic E-state index is 12.4. The summed E-state index contributed by atoms with van der Waals surface area (Å²) in [6.07, 6.45) is 6.05. The van der Waals surface area contributed by atoms with Crippen LogP contribution in [0.5, 0.6) is 0 Å². The van der Waals surface area contributed by atoms with Crippen LogP contribution in [0, 0.1) is 0 Å². The number of carbonyl (C=O) groups excluding carboxylic acids is 1. The average Bonchev–Trinajstić information content (AvgIpc) is 2.59. The number of amides is 2. The summed E-state index contributed by atoms with van der Waals surface area (Å²) in [5, 5.41) is 3.89. The third kappa shape index (κ3) is 5.90. The predicted molar refractivity (Wildman–Crippen MR) is 102 cm³/mol. The van der Waals surface area contributed by atoms with Crippen LogP contribution in [0.1, 0.15) is 46.0 Å². The third-order valence-corrected chi connectivity index (χ3v) is 4.84. The van der Waals surface area contributed by atoms with Crippen molar-refractivity contribution in [1.82, 2.24) is 10.2 Å². The zero-order valence-corrected chi connectivity index (χ0v) is 15.7. The molecule has 5 heteroatoms. The summed E-state index contributed by atoms with van der Waals surface area (Å²) in [5.41, 5.74) is 1.13. The van der Waals surface area contributed by atoms with Crippen LogP contribution < -0.4 is 10.2 Å². The van der Waals surface area contributed by atoms with Gasteiger partial charge in [-0.1, -0.05) is 50.3 Å². The summed E-state index contributed by atoms with van der Waals surface area (Å²) in [5.74, 6) is 0. The van der Waals surface area contributed by atoms with Crippen molar-refractivity contribution >= 4 is 23.3 Å². The van der Waals surface area contributed by atoms with E-state index in [9.17, 15) is 4.79 Å². The van der Waals surface area contributed by atoms with E-state index in [1.165, 1.54) is 25.7 Å². The Morgan fingerprint density at radius 3 is 2.62 bits per heavy atom. The summed E-state index contributed by atoms with van der Waals surface area (Å²) in [7, 11) is 0. The monoisotopic (exact) mass is 351 g/mol. The molecule has 1 aromatic rings. The fraction of sp³-hybridized carbons (Fsp3) is 0.632. The summed E-state index contributed by atoms with van der Waals surface area (Å²) >= 11 is 6.06. The number of rotatable bonds is 7. The molecule has 2 rings (SSSR count). The van der Waals surface area contributed by atoms with Crippen molar-refractivity contribution < 1.29 is 4.79 Å². The highest BCUT2D eigenvalue weighted by molar-refractivity contribution is 6.30. The number of carbonyl (C=O) groups is 1. The lowest BCUT2D eigenvalue weighted by Gasteiger charge is -2.36. The summed E-state index contributed by atoms with van der Waals surface area (Å²) in [6, 6.07) is 8.23. The molecule has 1 saturated heterocycles. The molecule has 0 unspecified atom stereocenters. The van der Waals surface area contributed by atoms with E-state index in [4.69, 9.17) is 11.6 Å². The highest BCUT2D eigenvalue weighted by Gasteiger charge is 2.22. The molecule has 0 aromatic heterocycles. The number of halogens is 1. The van der Waals surface area contributed by atoms with Gasteiger partial charge in [0.15, 0.2) is 0 Å². The topological polar surface area (TPSA) is 35.6 Å². The number of nitrogens with zero attached hydrogens (tertiary/aromatic N) is 2. The van der Waals surface area contributed by atoms with E-state index in [0.29, 0.717) is 0 Å². The van der Waals surface area contributed by atoms with Crippen molar-refractivity contribution in [3.8, 4) is 0 Å². The van der Waals surface area contributed by atoms with Crippen molar-refractivity contribution in [2.45, 2.75) is 52.0 Å². The first-order chi connectivity index (χ1) is 11.6. The Labute approximate surface area is 151 Å². The number of piperazine rings is 1. The number of hydrogen-bond acceptors (Lipinski definition) is 2. The lowest BCUT2D eigenvalue weighted by Crippen LogP contribution is -2.53. The van der Waals surface area contributed by atoms with Crippen LogP contribution in [0.4, 0.5) is 10.5 Å². The molecule has 0 spiro atoms. The van der Waals surface area contributed by atoms with Gasteiger partial charge in [-0.2, -0.15) is 0 Å². The molecule has 0 aliphatic carbocycles. The van der Waals surface area contributed by atoms with E-state index in [-0.39, 0.29) is 12.1 Å². The van der Waals surface area contributed by atoms with Gasteiger partial charge in [0.1, 0.15) is 0 Å². The number of benzene rings is 1. The number of nitrogens with one attached hydrogen (secondary N) is 1. The van der Waals surface area contributed by atoms with Gasteiger partial charge in [0.25, 0.3) is 0 Å². The van der Waals surface area contributed by atoms with Gasteiger partial charge in [0.2, 0.25) is 0 Å². The Bertz CT molecular complexity index is 515. The Kier molecular flexibility index (Phi) is 7.70. The molecular weight excluding hydrogens is 322 g/mol. The van der Waals surface area contributed by atoms with Gasteiger partial charge in [0, 0.05) is 42.9 Å². The molecule has 0 saturated carbocycles. The molecule has 1 heterocycles. The van der Waals surface area contributed by atoms with E-state index in [1.54, 1.807) is 0 Å². The molecular formula is C19H30ClN3O. The summed E-state index contributed by atoms with van der Waals surface area (Å²) in [4.78, 5) is 16.6. The van der Waals surface area contributed by atoms with Crippen molar-refractivity contribution in [1.29, 1.82) is 0 Å². The fourth-order valence-electron chi connectivity index (χ4n) is 3.09. The SMILES string of the molecule is CCCCCC[C@H](C)NC(=O)N1CCN(c2cccc(Cl)c2)CC1. The second-order valence-corrected chi connectivity index (χ2v) is 7.09. The van der Waals surface area contributed by atoms with Crippen molar-refractivity contribution in [2.75, 3.05) is 31.1 Å². The molecule has 0 radical (unpaired) electrons. The van der Waals surface area contributed by atoms with Crippen LogP contribution >= 0.6 is 11.6 Å². The van der Waals surface area contributed by atoms with E-state index < -0.39 is 0 Å². The second kappa shape index (κ2) is 9.77. The van der Waals surface area contributed by atoms with Gasteiger partial charge < -0.3 is 15.1 Å². The van der Waals surface area contributed by atoms with Crippen LogP contribution in [0.2, 0.25) is 5.02 Å². The quantitative estimate of drug-likeness (QED) is 0.732. The van der Waals surface area contributed by atoms with Crippen molar-refractivity contribution in [2.24, 2.45) is 0 Å². The molecule has 1 aliphatic heterocycles. The van der Waals surface area contributed by atoms with Crippen molar-refractivity contribution in [3.05, 3.63) is 29.3 Å². The van der Waals surface area contributed by atoms with Crippen LogP contribution in [-0.2, 0) is 0 Å². The molecule has 1 atom stereocenters. The van der Waals surface area contributed by atoms with E-state index >= 15 is 0 Å². The van der Waals surface area contributed by atoms with Gasteiger partial charge in [-0.25, -0.2) is 4.79 Å². The smallest absolute Gasteiger partial charge is 0.317 e. The fourth-order valence-corrected chi connectivity index (χ4v) is 3.28. The lowest BCUT2D eigenvalue weighted by molar-refractivity contribution is 0.190. The van der Waals surface area contributed by atoms with Gasteiger partial charge >= 0.3 is 6.03 Å². The number of unbranched alkanes of at least 4 members (excludes halogenated alkanes) is 3. The Morgan fingerprint density at radius 2 is 1.96 bits per heavy atom. The Hall–Kier alpha value is -1.42. The van der Waals surface area contributed by atoms with Gasteiger partial charge in [-0.3, -0.25) is 0 Å². The van der Waals surface area contributed by atoms with Crippen LogP contribution in [0.15, 0.2) is 24.3 Å². The van der Waals surface area contributed by atoms with Crippen LogP contribution in [-0.4, -0.2) is 43.2 Å². The molecule has 1 fully saturated rings. The summed E-state index contributed by atoms with van der Waals surface area (Å²) in [6.45, 7) is 7.51. The van der Waals surface area contributed by atoms with Gasteiger partial charge in [-0.15, -0.1) is 0 Å². The van der Waals surface area contributed by atoms with E-state index in [1.807, 2.05) is 23.1 Å². The maximum atomic E-state index is 12.4. The highest BCUT2D eigenvalue weighted by atomic mass is 35.5. The molecule has 0 bridgehead atoms. The van der Waals surface area contributed by atoms with Gasteiger partial charge in [0.05, 0.1) is 0 Å². The number of anilines is 1. The average molecular weight is 352 g/mol. The first-order valence-electron chi connectivity index (χ1n) is 9.16. The highest BCUT2D eigenvalue weighted by Crippen LogP contribution is 2.20. The van der Waals surface area contributed by atoms with Crippen LogP contribution in [0.3, 0.4) is 0 Å². The number of urea groups is 1. The summed E-state index contributed by atoms with van der Waals surface area (Å²) < 4.78 is 0. The molecule has 1 aliphatic rings. The molecule has 24 heavy (non-hydrogen) atoms. The van der Waals surface area contributed by atoms with E-state index in [0.717, 1.165) is 43.3 Å². The molecule has 134 valence electrons. The Balaban J connectivity index is 1.72. The first kappa shape index (κ1) is 18.9. The molecule has 2 amide bonds. The van der Waals surface area contributed by atoms with E-state index in [2.05, 4.69) is 30.1 Å². The maximum Gasteiger partial charge on any atom is 0.317 e. The lowest BCUT2D eigenvalue weighted by atomic mass is 10.1. The number of hydrogen-bond donors (Lipinski definition) is 1.